The van der Waals surface area contributed by atoms with Gasteiger partial charge in [0, 0.05) is 18.9 Å². The Hall–Kier alpha value is -1.13. The van der Waals surface area contributed by atoms with Gasteiger partial charge in [0.25, 0.3) is 0 Å². The lowest BCUT2D eigenvalue weighted by Gasteiger charge is -2.24. The van der Waals surface area contributed by atoms with E-state index in [0.29, 0.717) is 6.17 Å². The summed E-state index contributed by atoms with van der Waals surface area (Å²) in [6.07, 6.45) is 6.54. The van der Waals surface area contributed by atoms with Crippen molar-refractivity contribution in [2.45, 2.75) is 19.0 Å². The molecule has 1 aromatic heterocycles. The second kappa shape index (κ2) is 5.82. The predicted octanol–water partition coefficient (Wildman–Crippen LogP) is 1.10. The maximum atomic E-state index is 5.63. The van der Waals surface area contributed by atoms with Gasteiger partial charge in [-0.2, -0.15) is 0 Å². The van der Waals surface area contributed by atoms with Crippen molar-refractivity contribution in [1.29, 1.82) is 0 Å². The molecule has 1 unspecified atom stereocenters. The average Bonchev–Trinajstić information content (AvgIpc) is 2.84. The summed E-state index contributed by atoms with van der Waals surface area (Å²) in [5.41, 5.74) is 0. The van der Waals surface area contributed by atoms with E-state index in [0.717, 1.165) is 25.4 Å². The lowest BCUT2D eigenvalue weighted by atomic mass is 10.3. The van der Waals surface area contributed by atoms with Crippen molar-refractivity contribution in [2.24, 2.45) is 0 Å². The molecule has 16 heavy (non-hydrogen) atoms. The lowest BCUT2D eigenvalue weighted by molar-refractivity contribution is 0.180. The van der Waals surface area contributed by atoms with Gasteiger partial charge < -0.3 is 10.1 Å². The maximum absolute atomic E-state index is 5.63. The van der Waals surface area contributed by atoms with Crippen LogP contribution in [0, 0.1) is 0 Å². The quantitative estimate of drug-likeness (QED) is 0.808. The van der Waals surface area contributed by atoms with Crippen LogP contribution in [0.5, 0.6) is 5.75 Å². The van der Waals surface area contributed by atoms with Gasteiger partial charge in [0.15, 0.2) is 0 Å². The Labute approximate surface area is 96.6 Å². The summed E-state index contributed by atoms with van der Waals surface area (Å²) in [4.78, 5) is 6.26. The van der Waals surface area contributed by atoms with E-state index in [1.165, 1.54) is 12.8 Å². The van der Waals surface area contributed by atoms with E-state index in [1.807, 2.05) is 12.1 Å². The average molecular weight is 221 g/mol. The van der Waals surface area contributed by atoms with Gasteiger partial charge in [-0.25, -0.2) is 0 Å². The molecular formula is C12H19N3O. The number of nitrogens with zero attached hydrogens (tertiary/aromatic N) is 2. The Kier molecular flexibility index (Phi) is 4.13. The van der Waals surface area contributed by atoms with Crippen molar-refractivity contribution in [3.8, 4) is 5.75 Å². The molecule has 1 fully saturated rings. The highest BCUT2D eigenvalue weighted by molar-refractivity contribution is 5.16. The molecule has 1 aliphatic heterocycles. The number of pyridine rings is 1. The number of ether oxygens (including phenoxy) is 1. The highest BCUT2D eigenvalue weighted by Crippen LogP contribution is 2.09. The summed E-state index contributed by atoms with van der Waals surface area (Å²) in [7, 11) is 2.14. The van der Waals surface area contributed by atoms with E-state index in [-0.39, 0.29) is 0 Å². The second-order valence-electron chi connectivity index (χ2n) is 4.12. The first-order chi connectivity index (χ1) is 7.86. The first-order valence-electron chi connectivity index (χ1n) is 5.83. The number of likely N-dealkylation sites (N-methyl/N-ethyl adjacent to an activating group) is 1. The van der Waals surface area contributed by atoms with Crippen molar-refractivity contribution in [2.75, 3.05) is 26.7 Å². The van der Waals surface area contributed by atoms with Gasteiger partial charge in [0.05, 0.1) is 6.17 Å². The lowest BCUT2D eigenvalue weighted by Crippen LogP contribution is -2.41. The zero-order valence-electron chi connectivity index (χ0n) is 9.72. The van der Waals surface area contributed by atoms with Crippen molar-refractivity contribution in [1.82, 2.24) is 15.2 Å². The van der Waals surface area contributed by atoms with Gasteiger partial charge in [-0.3, -0.25) is 9.88 Å². The molecule has 0 aliphatic carbocycles. The third-order valence-electron chi connectivity index (χ3n) is 2.93. The molecule has 1 aromatic rings. The SMILES string of the molecule is CN(CCOc1ccncc1)C1CCCN1. The van der Waals surface area contributed by atoms with Crippen LogP contribution >= 0.6 is 0 Å². The van der Waals surface area contributed by atoms with Crippen molar-refractivity contribution >= 4 is 0 Å². The smallest absolute Gasteiger partial charge is 0.122 e. The van der Waals surface area contributed by atoms with E-state index >= 15 is 0 Å². The van der Waals surface area contributed by atoms with Crippen LogP contribution < -0.4 is 10.1 Å². The van der Waals surface area contributed by atoms with Crippen LogP contribution in [0.1, 0.15) is 12.8 Å². The van der Waals surface area contributed by atoms with Crippen molar-refractivity contribution in [3.05, 3.63) is 24.5 Å². The first kappa shape index (κ1) is 11.4. The molecule has 0 radical (unpaired) electrons. The Morgan fingerprint density at radius 2 is 2.31 bits per heavy atom. The summed E-state index contributed by atoms with van der Waals surface area (Å²) in [5, 5.41) is 3.47. The maximum Gasteiger partial charge on any atom is 0.122 e. The summed E-state index contributed by atoms with van der Waals surface area (Å²) < 4.78 is 5.63. The molecule has 1 saturated heterocycles. The van der Waals surface area contributed by atoms with Crippen molar-refractivity contribution in [3.63, 3.8) is 0 Å². The third kappa shape index (κ3) is 3.18. The van der Waals surface area contributed by atoms with Crippen LogP contribution in [0.3, 0.4) is 0 Å². The molecule has 1 N–H and O–H groups in total. The van der Waals surface area contributed by atoms with Gasteiger partial charge in [0.1, 0.15) is 12.4 Å². The topological polar surface area (TPSA) is 37.4 Å². The summed E-state index contributed by atoms with van der Waals surface area (Å²) >= 11 is 0. The minimum atomic E-state index is 0.529. The highest BCUT2D eigenvalue weighted by atomic mass is 16.5. The Balaban J connectivity index is 1.67. The summed E-state index contributed by atoms with van der Waals surface area (Å²) in [6, 6.07) is 3.77. The van der Waals surface area contributed by atoms with E-state index < -0.39 is 0 Å². The fourth-order valence-corrected chi connectivity index (χ4v) is 1.94. The molecule has 1 aliphatic rings. The first-order valence-corrected chi connectivity index (χ1v) is 5.83. The predicted molar refractivity (Wildman–Crippen MR) is 63.4 cm³/mol. The number of hydrogen-bond donors (Lipinski definition) is 1. The molecule has 0 aromatic carbocycles. The van der Waals surface area contributed by atoms with E-state index in [4.69, 9.17) is 4.74 Å². The van der Waals surface area contributed by atoms with E-state index in [1.54, 1.807) is 12.4 Å². The molecule has 0 bridgehead atoms. The molecule has 88 valence electrons. The molecule has 2 heterocycles. The molecule has 0 amide bonds. The monoisotopic (exact) mass is 221 g/mol. The number of nitrogens with one attached hydrogen (secondary N) is 1. The number of rotatable bonds is 5. The molecular weight excluding hydrogens is 202 g/mol. The van der Waals surface area contributed by atoms with Gasteiger partial charge in [-0.05, 0) is 38.6 Å². The van der Waals surface area contributed by atoms with E-state index in [9.17, 15) is 0 Å². The molecule has 1 atom stereocenters. The van der Waals surface area contributed by atoms with Crippen LogP contribution in [-0.4, -0.2) is 42.8 Å². The summed E-state index contributed by atoms with van der Waals surface area (Å²) in [5.74, 6) is 0.891. The van der Waals surface area contributed by atoms with Gasteiger partial charge in [-0.15, -0.1) is 0 Å². The zero-order chi connectivity index (χ0) is 11.2. The van der Waals surface area contributed by atoms with Crippen LogP contribution in [-0.2, 0) is 0 Å². The van der Waals surface area contributed by atoms with Crippen LogP contribution in [0.15, 0.2) is 24.5 Å². The van der Waals surface area contributed by atoms with E-state index in [2.05, 4.69) is 22.2 Å². The zero-order valence-corrected chi connectivity index (χ0v) is 9.72. The summed E-state index contributed by atoms with van der Waals surface area (Å²) in [6.45, 7) is 2.80. The van der Waals surface area contributed by atoms with Crippen molar-refractivity contribution < 1.29 is 4.74 Å². The number of aromatic nitrogens is 1. The molecule has 2 rings (SSSR count). The normalized spacial score (nSPS) is 20.2. The molecule has 4 heteroatoms. The Morgan fingerprint density at radius 1 is 1.50 bits per heavy atom. The van der Waals surface area contributed by atoms with Gasteiger partial charge in [-0.1, -0.05) is 0 Å². The molecule has 0 spiro atoms. The number of hydrogen-bond acceptors (Lipinski definition) is 4. The van der Waals surface area contributed by atoms with Crippen LogP contribution in [0.25, 0.3) is 0 Å². The largest absolute Gasteiger partial charge is 0.492 e. The fraction of sp³-hybridized carbons (Fsp3) is 0.583. The Morgan fingerprint density at radius 3 is 3.00 bits per heavy atom. The Bertz CT molecular complexity index is 298. The van der Waals surface area contributed by atoms with Gasteiger partial charge in [0.2, 0.25) is 0 Å². The highest BCUT2D eigenvalue weighted by Gasteiger charge is 2.17. The van der Waals surface area contributed by atoms with Gasteiger partial charge >= 0.3 is 0 Å². The second-order valence-corrected chi connectivity index (χ2v) is 4.12. The molecule has 0 saturated carbocycles. The minimum absolute atomic E-state index is 0.529. The molecule has 4 nitrogen and oxygen atoms in total. The van der Waals surface area contributed by atoms with Crippen LogP contribution in [0.4, 0.5) is 0 Å². The minimum Gasteiger partial charge on any atom is -0.492 e. The third-order valence-corrected chi connectivity index (χ3v) is 2.93. The standard InChI is InChI=1S/C12H19N3O/c1-15(12-3-2-6-14-12)9-10-16-11-4-7-13-8-5-11/h4-5,7-8,12,14H,2-3,6,9-10H2,1H3. The van der Waals surface area contributed by atoms with Crippen LogP contribution in [0.2, 0.25) is 0 Å². The fourth-order valence-electron chi connectivity index (χ4n) is 1.94.